The Labute approximate surface area is 99.2 Å². The van der Waals surface area contributed by atoms with Crippen molar-refractivity contribution in [1.29, 1.82) is 0 Å². The average Bonchev–Trinajstić information content (AvgIpc) is 2.58. The molecule has 16 heavy (non-hydrogen) atoms. The monoisotopic (exact) mass is 248 g/mol. The summed E-state index contributed by atoms with van der Waals surface area (Å²) in [5, 5.41) is 3.13. The number of nitrogens with one attached hydrogen (secondary N) is 2. The topological polar surface area (TPSA) is 58.2 Å². The molecule has 1 saturated carbocycles. The fourth-order valence-corrected chi connectivity index (χ4v) is 3.56. The highest BCUT2D eigenvalue weighted by Crippen LogP contribution is 2.25. The molecule has 2 N–H and O–H groups in total. The fourth-order valence-electron chi connectivity index (χ4n) is 2.19. The Bertz CT molecular complexity index is 290. The Morgan fingerprint density at radius 3 is 2.62 bits per heavy atom. The third kappa shape index (κ3) is 5.27. The Balaban J connectivity index is 2.23. The summed E-state index contributed by atoms with van der Waals surface area (Å²) in [6.07, 6.45) is 3.82. The SMILES string of the molecule is CCNCCCS(=O)(=O)NC1CCC(C)C1. The molecule has 0 aromatic rings. The first-order chi connectivity index (χ1) is 7.53. The van der Waals surface area contributed by atoms with Gasteiger partial charge in [0.1, 0.15) is 0 Å². The lowest BCUT2D eigenvalue weighted by molar-refractivity contribution is 0.535. The molecule has 1 fully saturated rings. The van der Waals surface area contributed by atoms with Gasteiger partial charge in [0.05, 0.1) is 5.75 Å². The molecule has 0 aliphatic heterocycles. The van der Waals surface area contributed by atoms with Gasteiger partial charge in [-0.1, -0.05) is 13.8 Å². The zero-order valence-corrected chi connectivity index (χ0v) is 11.1. The van der Waals surface area contributed by atoms with Crippen LogP contribution < -0.4 is 10.0 Å². The van der Waals surface area contributed by atoms with Crippen molar-refractivity contribution >= 4 is 10.0 Å². The smallest absolute Gasteiger partial charge is 0.211 e. The number of rotatable bonds is 7. The van der Waals surface area contributed by atoms with Crippen LogP contribution in [0.2, 0.25) is 0 Å². The molecule has 2 atom stereocenters. The second kappa shape index (κ2) is 6.57. The van der Waals surface area contributed by atoms with Crippen LogP contribution in [0.25, 0.3) is 0 Å². The van der Waals surface area contributed by atoms with E-state index in [0.29, 0.717) is 12.3 Å². The second-order valence-corrected chi connectivity index (χ2v) is 6.63. The summed E-state index contributed by atoms with van der Waals surface area (Å²) in [6.45, 7) is 5.87. The number of hydrogen-bond acceptors (Lipinski definition) is 3. The molecular formula is C11H24N2O2S. The van der Waals surface area contributed by atoms with Crippen molar-refractivity contribution < 1.29 is 8.42 Å². The van der Waals surface area contributed by atoms with E-state index in [0.717, 1.165) is 32.4 Å². The Hall–Kier alpha value is -0.130. The minimum absolute atomic E-state index is 0.180. The molecule has 0 spiro atoms. The van der Waals surface area contributed by atoms with E-state index in [4.69, 9.17) is 0 Å². The summed E-state index contributed by atoms with van der Waals surface area (Å²) in [7, 11) is -3.06. The van der Waals surface area contributed by atoms with Gasteiger partial charge in [-0.25, -0.2) is 13.1 Å². The third-order valence-electron chi connectivity index (χ3n) is 3.06. The van der Waals surface area contributed by atoms with Gasteiger partial charge in [0.15, 0.2) is 0 Å². The Morgan fingerprint density at radius 2 is 2.06 bits per heavy atom. The van der Waals surface area contributed by atoms with Crippen LogP contribution >= 0.6 is 0 Å². The summed E-state index contributed by atoms with van der Waals surface area (Å²) in [5.74, 6) is 0.902. The molecule has 4 nitrogen and oxygen atoms in total. The van der Waals surface area contributed by atoms with Crippen LogP contribution in [0, 0.1) is 5.92 Å². The normalized spacial score (nSPS) is 26.1. The zero-order valence-electron chi connectivity index (χ0n) is 10.3. The molecule has 0 saturated heterocycles. The largest absolute Gasteiger partial charge is 0.317 e. The van der Waals surface area contributed by atoms with E-state index in [1.807, 2.05) is 6.92 Å². The van der Waals surface area contributed by atoms with Gasteiger partial charge in [0.25, 0.3) is 0 Å². The van der Waals surface area contributed by atoms with E-state index in [1.165, 1.54) is 0 Å². The van der Waals surface area contributed by atoms with Crippen molar-refractivity contribution in [3.05, 3.63) is 0 Å². The highest BCUT2D eigenvalue weighted by atomic mass is 32.2. The minimum atomic E-state index is -3.06. The second-order valence-electron chi connectivity index (χ2n) is 4.76. The lowest BCUT2D eigenvalue weighted by Gasteiger charge is -2.12. The fraction of sp³-hybridized carbons (Fsp3) is 1.00. The summed E-state index contributed by atoms with van der Waals surface area (Å²) >= 11 is 0. The maximum absolute atomic E-state index is 11.7. The van der Waals surface area contributed by atoms with Crippen LogP contribution in [0.4, 0.5) is 0 Å². The Kier molecular flexibility index (Phi) is 5.72. The Morgan fingerprint density at radius 1 is 1.31 bits per heavy atom. The highest BCUT2D eigenvalue weighted by molar-refractivity contribution is 7.89. The van der Waals surface area contributed by atoms with Crippen molar-refractivity contribution in [3.63, 3.8) is 0 Å². The van der Waals surface area contributed by atoms with Gasteiger partial charge < -0.3 is 5.32 Å². The van der Waals surface area contributed by atoms with Crippen LogP contribution in [-0.4, -0.2) is 33.3 Å². The molecule has 2 unspecified atom stereocenters. The zero-order chi connectivity index (χ0) is 12.0. The molecule has 1 rings (SSSR count). The van der Waals surface area contributed by atoms with Gasteiger partial charge in [-0.3, -0.25) is 0 Å². The van der Waals surface area contributed by atoms with E-state index in [1.54, 1.807) is 0 Å². The third-order valence-corrected chi connectivity index (χ3v) is 4.58. The summed E-state index contributed by atoms with van der Waals surface area (Å²) in [4.78, 5) is 0. The van der Waals surface area contributed by atoms with Crippen LogP contribution in [-0.2, 0) is 10.0 Å². The van der Waals surface area contributed by atoms with Crippen molar-refractivity contribution in [2.75, 3.05) is 18.8 Å². The first-order valence-electron chi connectivity index (χ1n) is 6.24. The minimum Gasteiger partial charge on any atom is -0.317 e. The predicted octanol–water partition coefficient (Wildman–Crippen LogP) is 1.09. The van der Waals surface area contributed by atoms with Crippen LogP contribution in [0.3, 0.4) is 0 Å². The quantitative estimate of drug-likeness (QED) is 0.663. The maximum Gasteiger partial charge on any atom is 0.211 e. The van der Waals surface area contributed by atoms with Gasteiger partial charge in [0, 0.05) is 6.04 Å². The molecule has 0 amide bonds. The predicted molar refractivity (Wildman–Crippen MR) is 66.9 cm³/mol. The molecule has 0 aromatic heterocycles. The van der Waals surface area contributed by atoms with E-state index < -0.39 is 10.0 Å². The van der Waals surface area contributed by atoms with Crippen molar-refractivity contribution in [1.82, 2.24) is 10.0 Å². The molecule has 1 aliphatic carbocycles. The molecular weight excluding hydrogens is 224 g/mol. The summed E-state index contributed by atoms with van der Waals surface area (Å²) in [5.41, 5.74) is 0. The molecule has 96 valence electrons. The van der Waals surface area contributed by atoms with Gasteiger partial charge in [0.2, 0.25) is 10.0 Å². The van der Waals surface area contributed by atoms with Gasteiger partial charge >= 0.3 is 0 Å². The highest BCUT2D eigenvalue weighted by Gasteiger charge is 2.24. The molecule has 0 bridgehead atoms. The molecule has 0 heterocycles. The van der Waals surface area contributed by atoms with E-state index in [2.05, 4.69) is 17.0 Å². The standard InChI is InChI=1S/C11H24N2O2S/c1-3-12-7-4-8-16(14,15)13-11-6-5-10(2)9-11/h10-13H,3-9H2,1-2H3. The van der Waals surface area contributed by atoms with Crippen LogP contribution in [0.5, 0.6) is 0 Å². The van der Waals surface area contributed by atoms with Gasteiger partial charge in [-0.2, -0.15) is 0 Å². The van der Waals surface area contributed by atoms with Gasteiger partial charge in [-0.15, -0.1) is 0 Å². The first-order valence-corrected chi connectivity index (χ1v) is 7.89. The average molecular weight is 248 g/mol. The molecule has 0 aromatic carbocycles. The maximum atomic E-state index is 11.7. The molecule has 0 radical (unpaired) electrons. The summed E-state index contributed by atoms with van der Waals surface area (Å²) in [6, 6.07) is 0.180. The molecule has 1 aliphatic rings. The lowest BCUT2D eigenvalue weighted by atomic mass is 10.1. The van der Waals surface area contributed by atoms with Crippen LogP contribution in [0.15, 0.2) is 0 Å². The lowest BCUT2D eigenvalue weighted by Crippen LogP contribution is -2.35. The van der Waals surface area contributed by atoms with E-state index in [9.17, 15) is 8.42 Å². The summed E-state index contributed by atoms with van der Waals surface area (Å²) < 4.78 is 26.2. The van der Waals surface area contributed by atoms with E-state index in [-0.39, 0.29) is 11.8 Å². The number of hydrogen-bond donors (Lipinski definition) is 2. The van der Waals surface area contributed by atoms with Crippen molar-refractivity contribution in [2.45, 2.75) is 45.6 Å². The molecule has 5 heteroatoms. The number of sulfonamides is 1. The van der Waals surface area contributed by atoms with Gasteiger partial charge in [-0.05, 0) is 44.7 Å². The van der Waals surface area contributed by atoms with Crippen molar-refractivity contribution in [3.8, 4) is 0 Å². The van der Waals surface area contributed by atoms with Crippen molar-refractivity contribution in [2.24, 2.45) is 5.92 Å². The van der Waals surface area contributed by atoms with Crippen LogP contribution in [0.1, 0.15) is 39.5 Å². The van der Waals surface area contributed by atoms with E-state index >= 15 is 0 Å². The first kappa shape index (κ1) is 13.9.